The van der Waals surface area contributed by atoms with Gasteiger partial charge < -0.3 is 5.32 Å². The number of hydrogen-bond acceptors (Lipinski definition) is 3. The van der Waals surface area contributed by atoms with Gasteiger partial charge in [-0.2, -0.15) is 0 Å². The van der Waals surface area contributed by atoms with E-state index in [4.69, 9.17) is 0 Å². The van der Waals surface area contributed by atoms with Crippen LogP contribution in [-0.4, -0.2) is 23.8 Å². The van der Waals surface area contributed by atoms with Gasteiger partial charge in [-0.1, -0.05) is 11.6 Å². The second-order valence-corrected chi connectivity index (χ2v) is 4.43. The number of nitrogens with one attached hydrogen (secondary N) is 2. The highest BCUT2D eigenvalue weighted by atomic mass is 16.2. The van der Waals surface area contributed by atoms with Gasteiger partial charge in [-0.15, -0.1) is 0 Å². The number of carbonyl (C=O) groups is 3. The quantitative estimate of drug-likeness (QED) is 0.473. The van der Waals surface area contributed by atoms with E-state index in [-0.39, 0.29) is 29.7 Å². The molecular formula is C11H14N2O3. The van der Waals surface area contributed by atoms with Gasteiger partial charge in [0.1, 0.15) is 0 Å². The van der Waals surface area contributed by atoms with Crippen LogP contribution in [0.5, 0.6) is 0 Å². The Hall–Kier alpha value is -1.65. The molecule has 0 saturated carbocycles. The third-order valence-corrected chi connectivity index (χ3v) is 3.08. The maximum atomic E-state index is 11.6. The van der Waals surface area contributed by atoms with Crippen molar-refractivity contribution in [2.45, 2.75) is 26.3 Å². The first-order chi connectivity index (χ1) is 7.49. The Balaban J connectivity index is 2.29. The number of hydrogen-bond donors (Lipinski definition) is 2. The van der Waals surface area contributed by atoms with Crippen molar-refractivity contribution in [2.24, 2.45) is 11.8 Å². The van der Waals surface area contributed by atoms with Crippen LogP contribution in [0.1, 0.15) is 20.3 Å². The van der Waals surface area contributed by atoms with Gasteiger partial charge in [0, 0.05) is 6.92 Å². The van der Waals surface area contributed by atoms with Crippen molar-refractivity contribution in [1.29, 1.82) is 0 Å². The molecule has 2 N–H and O–H groups in total. The van der Waals surface area contributed by atoms with E-state index >= 15 is 0 Å². The standard InChI is InChI=1S/C11H14N2O3/c1-5-3-7-9(11(16)13-10(7)15)8(4-5)12-6(2)14/h4,7-9H,3H2,1-2H3,(H,12,14)(H,13,15,16)/t7-,8+,9-/m0/s1. The van der Waals surface area contributed by atoms with Crippen molar-refractivity contribution in [3.05, 3.63) is 11.6 Å². The lowest BCUT2D eigenvalue weighted by Gasteiger charge is -2.28. The molecule has 3 atom stereocenters. The van der Waals surface area contributed by atoms with Crippen molar-refractivity contribution in [3.8, 4) is 0 Å². The van der Waals surface area contributed by atoms with Crippen LogP contribution in [0.25, 0.3) is 0 Å². The molecule has 0 aromatic rings. The highest BCUT2D eigenvalue weighted by molar-refractivity contribution is 6.06. The first kappa shape index (κ1) is 10.9. The highest BCUT2D eigenvalue weighted by Gasteiger charge is 2.47. The minimum atomic E-state index is -0.444. The molecule has 1 aliphatic heterocycles. The molecule has 1 fully saturated rings. The second kappa shape index (κ2) is 3.73. The average Bonchev–Trinajstić information content (AvgIpc) is 2.40. The Morgan fingerprint density at radius 2 is 2.12 bits per heavy atom. The predicted octanol–water partition coefficient (Wildman–Crippen LogP) is -0.270. The summed E-state index contributed by atoms with van der Waals surface area (Å²) in [7, 11) is 0. The molecule has 1 heterocycles. The van der Waals surface area contributed by atoms with Crippen LogP contribution in [0.3, 0.4) is 0 Å². The van der Waals surface area contributed by atoms with E-state index in [1.807, 2.05) is 13.0 Å². The van der Waals surface area contributed by atoms with Gasteiger partial charge in [-0.25, -0.2) is 0 Å². The van der Waals surface area contributed by atoms with E-state index in [0.29, 0.717) is 6.42 Å². The van der Waals surface area contributed by atoms with Crippen LogP contribution in [-0.2, 0) is 14.4 Å². The lowest BCUT2D eigenvalue weighted by molar-refractivity contribution is -0.126. The van der Waals surface area contributed by atoms with Crippen molar-refractivity contribution in [2.75, 3.05) is 0 Å². The summed E-state index contributed by atoms with van der Waals surface area (Å²) in [6.45, 7) is 3.31. The van der Waals surface area contributed by atoms with Gasteiger partial charge in [0.05, 0.1) is 17.9 Å². The lowest BCUT2D eigenvalue weighted by Crippen LogP contribution is -2.45. The molecule has 1 aliphatic carbocycles. The van der Waals surface area contributed by atoms with Crippen LogP contribution in [0, 0.1) is 11.8 Å². The van der Waals surface area contributed by atoms with Gasteiger partial charge in [0.25, 0.3) is 0 Å². The number of amides is 3. The zero-order valence-corrected chi connectivity index (χ0v) is 9.24. The Labute approximate surface area is 93.3 Å². The summed E-state index contributed by atoms with van der Waals surface area (Å²) in [6.07, 6.45) is 2.46. The molecule has 5 heteroatoms. The second-order valence-electron chi connectivity index (χ2n) is 4.43. The van der Waals surface area contributed by atoms with Gasteiger partial charge in [0.2, 0.25) is 17.7 Å². The zero-order chi connectivity index (χ0) is 11.9. The number of fused-ring (bicyclic) bond motifs is 1. The van der Waals surface area contributed by atoms with Crippen LogP contribution in [0.15, 0.2) is 11.6 Å². The molecule has 0 aromatic heterocycles. The van der Waals surface area contributed by atoms with E-state index in [1.54, 1.807) is 0 Å². The lowest BCUT2D eigenvalue weighted by atomic mass is 9.78. The summed E-state index contributed by atoms with van der Waals surface area (Å²) in [5.74, 6) is -1.47. The van der Waals surface area contributed by atoms with Gasteiger partial charge >= 0.3 is 0 Å². The first-order valence-corrected chi connectivity index (χ1v) is 5.28. The van der Waals surface area contributed by atoms with Crippen LogP contribution in [0.4, 0.5) is 0 Å². The third-order valence-electron chi connectivity index (χ3n) is 3.08. The van der Waals surface area contributed by atoms with Crippen molar-refractivity contribution in [3.63, 3.8) is 0 Å². The Bertz CT molecular complexity index is 400. The number of allylic oxidation sites excluding steroid dienone is 1. The minimum absolute atomic E-state index is 0.193. The maximum absolute atomic E-state index is 11.6. The fourth-order valence-corrected chi connectivity index (χ4v) is 2.47. The fourth-order valence-electron chi connectivity index (χ4n) is 2.47. The Morgan fingerprint density at radius 1 is 1.44 bits per heavy atom. The molecule has 0 aromatic carbocycles. The molecule has 2 aliphatic rings. The van der Waals surface area contributed by atoms with E-state index in [2.05, 4.69) is 10.6 Å². The van der Waals surface area contributed by atoms with Gasteiger partial charge in [-0.05, 0) is 13.3 Å². The zero-order valence-electron chi connectivity index (χ0n) is 9.24. The summed E-state index contributed by atoms with van der Waals surface area (Å²) in [6, 6.07) is -0.359. The maximum Gasteiger partial charge on any atom is 0.232 e. The molecule has 1 saturated heterocycles. The van der Waals surface area contributed by atoms with Crippen molar-refractivity contribution >= 4 is 17.7 Å². The Morgan fingerprint density at radius 3 is 2.75 bits per heavy atom. The average molecular weight is 222 g/mol. The molecule has 3 amide bonds. The van der Waals surface area contributed by atoms with E-state index in [9.17, 15) is 14.4 Å². The summed E-state index contributed by atoms with van der Waals surface area (Å²) in [4.78, 5) is 34.2. The highest BCUT2D eigenvalue weighted by Crippen LogP contribution is 2.33. The molecule has 5 nitrogen and oxygen atoms in total. The van der Waals surface area contributed by atoms with Crippen molar-refractivity contribution < 1.29 is 14.4 Å². The largest absolute Gasteiger partial charge is 0.349 e. The van der Waals surface area contributed by atoms with Gasteiger partial charge in [-0.3, -0.25) is 19.7 Å². The number of rotatable bonds is 1. The molecule has 2 rings (SSSR count). The predicted molar refractivity (Wildman–Crippen MR) is 56.1 cm³/mol. The van der Waals surface area contributed by atoms with Crippen LogP contribution in [0.2, 0.25) is 0 Å². The topological polar surface area (TPSA) is 75.3 Å². The minimum Gasteiger partial charge on any atom is -0.349 e. The summed E-state index contributed by atoms with van der Waals surface area (Å²) in [5.41, 5.74) is 1.03. The third kappa shape index (κ3) is 1.73. The fraction of sp³-hybridized carbons (Fsp3) is 0.545. The number of imide groups is 1. The molecule has 86 valence electrons. The first-order valence-electron chi connectivity index (χ1n) is 5.28. The molecule has 0 unspecified atom stereocenters. The molecule has 0 bridgehead atoms. The number of carbonyl (C=O) groups excluding carboxylic acids is 3. The summed E-state index contributed by atoms with van der Waals surface area (Å²) >= 11 is 0. The molecule has 0 radical (unpaired) electrons. The van der Waals surface area contributed by atoms with Crippen LogP contribution < -0.4 is 10.6 Å². The smallest absolute Gasteiger partial charge is 0.232 e. The monoisotopic (exact) mass is 222 g/mol. The molecular weight excluding hydrogens is 208 g/mol. The van der Waals surface area contributed by atoms with E-state index in [0.717, 1.165) is 5.57 Å². The Kier molecular flexibility index (Phi) is 2.53. The normalized spacial score (nSPS) is 32.9. The SMILES string of the molecule is CC(=O)N[C@@H]1C=C(C)C[C@@H]2C(=O)NC(=O)[C@@H]21. The summed E-state index contributed by atoms with van der Waals surface area (Å²) < 4.78 is 0. The summed E-state index contributed by atoms with van der Waals surface area (Å²) in [5, 5.41) is 5.03. The van der Waals surface area contributed by atoms with E-state index in [1.165, 1.54) is 6.92 Å². The van der Waals surface area contributed by atoms with Gasteiger partial charge in [0.15, 0.2) is 0 Å². The van der Waals surface area contributed by atoms with Crippen LogP contribution >= 0.6 is 0 Å². The molecule has 0 spiro atoms. The van der Waals surface area contributed by atoms with E-state index < -0.39 is 5.92 Å². The molecule has 16 heavy (non-hydrogen) atoms. The van der Waals surface area contributed by atoms with Crippen molar-refractivity contribution in [1.82, 2.24) is 10.6 Å².